The highest BCUT2D eigenvalue weighted by Gasteiger charge is 2.07. The largest absolute Gasteiger partial charge is 0.467 e. The van der Waals surface area contributed by atoms with Crippen molar-refractivity contribution in [3.63, 3.8) is 0 Å². The predicted molar refractivity (Wildman–Crippen MR) is 104 cm³/mol. The first-order valence-electron chi connectivity index (χ1n) is 9.05. The summed E-state index contributed by atoms with van der Waals surface area (Å²) in [6.45, 7) is 5.31. The second kappa shape index (κ2) is 11.0. The van der Waals surface area contributed by atoms with Gasteiger partial charge in [0.25, 0.3) is 0 Å². The summed E-state index contributed by atoms with van der Waals surface area (Å²) in [6.07, 6.45) is 3.57. The summed E-state index contributed by atoms with van der Waals surface area (Å²) in [7, 11) is 0. The molecule has 0 bridgehead atoms. The first kappa shape index (κ1) is 19.6. The van der Waals surface area contributed by atoms with Gasteiger partial charge in [-0.2, -0.15) is 0 Å². The number of rotatable bonds is 9. The molecule has 1 aromatic carbocycles. The number of guanidine groups is 1. The SMILES string of the molecule is CCNC(=NCC(=O)NCc1ccco1)NC(C)CCc1ccccc1. The molecule has 1 amide bonds. The molecular weight excluding hydrogens is 328 g/mol. The zero-order chi connectivity index (χ0) is 18.6. The number of carbonyl (C=O) groups is 1. The number of amides is 1. The Bertz CT molecular complexity index is 668. The highest BCUT2D eigenvalue weighted by Crippen LogP contribution is 2.04. The molecule has 0 aliphatic heterocycles. The molecule has 140 valence electrons. The van der Waals surface area contributed by atoms with Crippen LogP contribution in [0.5, 0.6) is 0 Å². The first-order chi connectivity index (χ1) is 12.7. The van der Waals surface area contributed by atoms with Crippen molar-refractivity contribution in [3.8, 4) is 0 Å². The third kappa shape index (κ3) is 7.42. The number of aliphatic imine (C=N–C) groups is 1. The van der Waals surface area contributed by atoms with E-state index in [9.17, 15) is 4.79 Å². The summed E-state index contributed by atoms with van der Waals surface area (Å²) in [5, 5.41) is 9.32. The molecule has 0 radical (unpaired) electrons. The minimum Gasteiger partial charge on any atom is -0.467 e. The van der Waals surface area contributed by atoms with E-state index in [1.54, 1.807) is 12.3 Å². The molecule has 1 atom stereocenters. The third-order valence-corrected chi connectivity index (χ3v) is 3.86. The second-order valence-electron chi connectivity index (χ2n) is 6.12. The Morgan fingerprint density at radius 3 is 2.65 bits per heavy atom. The molecule has 2 aromatic rings. The fourth-order valence-corrected chi connectivity index (χ4v) is 2.46. The van der Waals surface area contributed by atoms with Crippen molar-refractivity contribution in [1.29, 1.82) is 0 Å². The summed E-state index contributed by atoms with van der Waals surface area (Å²) in [4.78, 5) is 16.3. The van der Waals surface area contributed by atoms with E-state index in [1.165, 1.54) is 5.56 Å². The maximum absolute atomic E-state index is 11.9. The summed E-state index contributed by atoms with van der Waals surface area (Å²) in [5.74, 6) is 1.23. The van der Waals surface area contributed by atoms with Gasteiger partial charge in [-0.15, -0.1) is 0 Å². The van der Waals surface area contributed by atoms with Crippen LogP contribution in [0.25, 0.3) is 0 Å². The van der Waals surface area contributed by atoms with E-state index in [0.29, 0.717) is 12.5 Å². The minimum absolute atomic E-state index is 0.0709. The number of nitrogens with one attached hydrogen (secondary N) is 3. The van der Waals surface area contributed by atoms with Crippen molar-refractivity contribution < 1.29 is 9.21 Å². The Kier molecular flexibility index (Phi) is 8.26. The molecule has 6 nitrogen and oxygen atoms in total. The Labute approximate surface area is 155 Å². The van der Waals surface area contributed by atoms with Crippen molar-refractivity contribution in [1.82, 2.24) is 16.0 Å². The molecule has 26 heavy (non-hydrogen) atoms. The Balaban J connectivity index is 1.76. The van der Waals surface area contributed by atoms with Gasteiger partial charge in [0.2, 0.25) is 5.91 Å². The minimum atomic E-state index is -0.143. The van der Waals surface area contributed by atoms with Gasteiger partial charge in [0.1, 0.15) is 12.3 Å². The Morgan fingerprint density at radius 1 is 1.15 bits per heavy atom. The predicted octanol–water partition coefficient (Wildman–Crippen LogP) is 2.47. The maximum atomic E-state index is 11.9. The lowest BCUT2D eigenvalue weighted by Gasteiger charge is -2.17. The number of hydrogen-bond acceptors (Lipinski definition) is 3. The van der Waals surface area contributed by atoms with Crippen molar-refractivity contribution in [2.75, 3.05) is 13.1 Å². The molecule has 0 fully saturated rings. The molecular formula is C20H28N4O2. The topological polar surface area (TPSA) is 78.7 Å². The normalized spacial score (nSPS) is 12.5. The zero-order valence-electron chi connectivity index (χ0n) is 15.5. The lowest BCUT2D eigenvalue weighted by Crippen LogP contribution is -2.43. The summed E-state index contributed by atoms with van der Waals surface area (Å²) in [6, 6.07) is 14.3. The Hall–Kier alpha value is -2.76. The number of furan rings is 1. The molecule has 0 saturated carbocycles. The van der Waals surface area contributed by atoms with Crippen LogP contribution in [0.3, 0.4) is 0 Å². The van der Waals surface area contributed by atoms with E-state index in [-0.39, 0.29) is 18.5 Å². The van der Waals surface area contributed by atoms with E-state index >= 15 is 0 Å². The van der Waals surface area contributed by atoms with Crippen LogP contribution in [0.2, 0.25) is 0 Å². The van der Waals surface area contributed by atoms with Crippen LogP contribution in [-0.4, -0.2) is 31.0 Å². The number of benzene rings is 1. The molecule has 6 heteroatoms. The number of aryl methyl sites for hydroxylation is 1. The molecule has 0 spiro atoms. The molecule has 3 N–H and O–H groups in total. The zero-order valence-corrected chi connectivity index (χ0v) is 15.5. The quantitative estimate of drug-likeness (QED) is 0.476. The van der Waals surface area contributed by atoms with Gasteiger partial charge in [0, 0.05) is 12.6 Å². The van der Waals surface area contributed by atoms with E-state index in [4.69, 9.17) is 4.42 Å². The number of carbonyl (C=O) groups excluding carboxylic acids is 1. The molecule has 0 aliphatic carbocycles. The van der Waals surface area contributed by atoms with Crippen molar-refractivity contribution in [3.05, 3.63) is 60.1 Å². The Morgan fingerprint density at radius 2 is 1.96 bits per heavy atom. The van der Waals surface area contributed by atoms with Crippen LogP contribution in [-0.2, 0) is 17.8 Å². The molecule has 1 heterocycles. The summed E-state index contributed by atoms with van der Waals surface area (Å²) in [5.41, 5.74) is 1.32. The average Bonchev–Trinajstić information content (AvgIpc) is 3.17. The summed E-state index contributed by atoms with van der Waals surface area (Å²) >= 11 is 0. The monoisotopic (exact) mass is 356 g/mol. The highest BCUT2D eigenvalue weighted by molar-refractivity contribution is 5.85. The smallest absolute Gasteiger partial charge is 0.242 e. The number of nitrogens with zero attached hydrogens (tertiary/aromatic N) is 1. The number of hydrogen-bond donors (Lipinski definition) is 3. The van der Waals surface area contributed by atoms with Gasteiger partial charge in [0.15, 0.2) is 5.96 Å². The lowest BCUT2D eigenvalue weighted by molar-refractivity contribution is -0.119. The van der Waals surface area contributed by atoms with Gasteiger partial charge in [-0.1, -0.05) is 30.3 Å². The van der Waals surface area contributed by atoms with Crippen LogP contribution in [0.15, 0.2) is 58.1 Å². The van der Waals surface area contributed by atoms with Gasteiger partial charge in [-0.3, -0.25) is 4.79 Å². The summed E-state index contributed by atoms with van der Waals surface area (Å²) < 4.78 is 5.19. The van der Waals surface area contributed by atoms with Gasteiger partial charge >= 0.3 is 0 Å². The molecule has 1 aromatic heterocycles. The van der Waals surface area contributed by atoms with Crippen molar-refractivity contribution in [2.45, 2.75) is 39.3 Å². The van der Waals surface area contributed by atoms with Gasteiger partial charge in [-0.05, 0) is 44.4 Å². The van der Waals surface area contributed by atoms with E-state index < -0.39 is 0 Å². The van der Waals surface area contributed by atoms with Crippen LogP contribution >= 0.6 is 0 Å². The molecule has 0 aliphatic rings. The van der Waals surface area contributed by atoms with Crippen LogP contribution in [0, 0.1) is 0 Å². The third-order valence-electron chi connectivity index (χ3n) is 3.86. The van der Waals surface area contributed by atoms with Crippen LogP contribution in [0.4, 0.5) is 0 Å². The molecule has 2 rings (SSSR count). The first-order valence-corrected chi connectivity index (χ1v) is 9.05. The standard InChI is InChI=1S/C20H28N4O2/c1-3-21-20(23-15-19(25)22-14-18-10-7-13-26-18)24-16(2)11-12-17-8-5-4-6-9-17/h4-10,13,16H,3,11-12,14-15H2,1-2H3,(H,22,25)(H2,21,23,24). The van der Waals surface area contributed by atoms with Gasteiger partial charge in [0.05, 0.1) is 12.8 Å². The maximum Gasteiger partial charge on any atom is 0.242 e. The van der Waals surface area contributed by atoms with Gasteiger partial charge in [-0.25, -0.2) is 4.99 Å². The average molecular weight is 356 g/mol. The lowest BCUT2D eigenvalue weighted by atomic mass is 10.1. The van der Waals surface area contributed by atoms with Crippen LogP contribution in [0.1, 0.15) is 31.6 Å². The molecule has 1 unspecified atom stereocenters. The van der Waals surface area contributed by atoms with Crippen molar-refractivity contribution in [2.24, 2.45) is 4.99 Å². The van der Waals surface area contributed by atoms with E-state index in [1.807, 2.05) is 19.1 Å². The highest BCUT2D eigenvalue weighted by atomic mass is 16.3. The van der Waals surface area contributed by atoms with E-state index in [0.717, 1.165) is 25.1 Å². The van der Waals surface area contributed by atoms with Crippen LogP contribution < -0.4 is 16.0 Å². The van der Waals surface area contributed by atoms with Crippen molar-refractivity contribution >= 4 is 11.9 Å². The van der Waals surface area contributed by atoms with E-state index in [2.05, 4.69) is 52.1 Å². The molecule has 0 saturated heterocycles. The fourth-order valence-electron chi connectivity index (χ4n) is 2.46. The second-order valence-corrected chi connectivity index (χ2v) is 6.12. The fraction of sp³-hybridized carbons (Fsp3) is 0.400. The van der Waals surface area contributed by atoms with Gasteiger partial charge < -0.3 is 20.4 Å².